The third-order valence-corrected chi connectivity index (χ3v) is 13.3. The molecule has 11 nitrogen and oxygen atoms in total. The Morgan fingerprint density at radius 1 is 1.02 bits per heavy atom. The maximum absolute atomic E-state index is 13.8. The van der Waals surface area contributed by atoms with E-state index < -0.39 is 16.2 Å². The number of piperazine rings is 1. The molecule has 4 aliphatic heterocycles. The summed E-state index contributed by atoms with van der Waals surface area (Å²) in [7, 11) is 3.79. The first-order chi connectivity index (χ1) is 23.1. The Morgan fingerprint density at radius 2 is 1.77 bits per heavy atom. The van der Waals surface area contributed by atoms with Crippen molar-refractivity contribution in [1.82, 2.24) is 19.6 Å². The SMILES string of the molecule is COc1ccc2c(c1)CCN(C1CC[N@+](Cc3ccc(Br)c(Br)c3)(C(=O)[O-])C(CC=O)(N3CCN(C4CCN(C)CC4)CC3)C1)C(=O)N2. The summed E-state index contributed by atoms with van der Waals surface area (Å²) in [4.78, 5) is 49.3. The third kappa shape index (κ3) is 6.78. The van der Waals surface area contributed by atoms with Crippen LogP contribution in [0.4, 0.5) is 15.3 Å². The van der Waals surface area contributed by atoms with Crippen molar-refractivity contribution in [2.75, 3.05) is 71.8 Å². The molecule has 3 saturated heterocycles. The maximum atomic E-state index is 13.8. The van der Waals surface area contributed by atoms with Gasteiger partial charge < -0.3 is 34.5 Å². The molecule has 0 aliphatic carbocycles. The van der Waals surface area contributed by atoms with Crippen LogP contribution in [-0.4, -0.2) is 127 Å². The molecule has 0 aromatic heterocycles. The molecule has 0 bridgehead atoms. The fraction of sp³-hybridized carbons (Fsp3) is 0.571. The largest absolute Gasteiger partial charge is 0.498 e. The number of rotatable bonds is 8. The molecule has 3 atom stereocenters. The lowest BCUT2D eigenvalue weighted by Gasteiger charge is -2.62. The number of halogens is 2. The zero-order valence-electron chi connectivity index (χ0n) is 27.8. The normalized spacial score (nSPS) is 28.0. The van der Waals surface area contributed by atoms with Crippen LogP contribution >= 0.6 is 31.9 Å². The predicted molar refractivity (Wildman–Crippen MR) is 189 cm³/mol. The summed E-state index contributed by atoms with van der Waals surface area (Å²) in [5, 5.41) is 16.8. The van der Waals surface area contributed by atoms with Gasteiger partial charge in [0, 0.05) is 77.8 Å². The molecular weight excluding hydrogens is 744 g/mol. The van der Waals surface area contributed by atoms with Gasteiger partial charge in [0.2, 0.25) is 0 Å². The molecular formula is C35H46Br2N6O5. The number of aldehydes is 1. The van der Waals surface area contributed by atoms with Crippen molar-refractivity contribution in [2.24, 2.45) is 0 Å². The number of urea groups is 1. The molecule has 6 rings (SSSR count). The third-order valence-electron chi connectivity index (χ3n) is 11.4. The number of methoxy groups -OCH3 is 1. The Balaban J connectivity index is 1.34. The quantitative estimate of drug-likeness (QED) is 0.315. The number of fused-ring (bicyclic) bond motifs is 1. The average molecular weight is 791 g/mol. The van der Waals surface area contributed by atoms with Gasteiger partial charge in [0.15, 0.2) is 5.66 Å². The first-order valence-corrected chi connectivity index (χ1v) is 18.6. The Bertz CT molecular complexity index is 1510. The van der Waals surface area contributed by atoms with Gasteiger partial charge in [-0.05, 0) is 107 Å². The summed E-state index contributed by atoms with van der Waals surface area (Å²) in [6.07, 6.45) is 3.40. The highest BCUT2D eigenvalue weighted by atomic mass is 79.9. The number of likely N-dealkylation sites (tertiary alicyclic amines) is 2. The summed E-state index contributed by atoms with van der Waals surface area (Å²) >= 11 is 7.13. The van der Waals surface area contributed by atoms with Crippen LogP contribution in [0, 0.1) is 0 Å². The first kappa shape index (κ1) is 35.3. The number of quaternary nitrogens is 1. The number of carbonyl (C=O) groups excluding carboxylic acids is 3. The van der Waals surface area contributed by atoms with Crippen molar-refractivity contribution in [2.45, 2.75) is 62.8 Å². The zero-order chi connectivity index (χ0) is 34.1. The van der Waals surface area contributed by atoms with E-state index in [0.29, 0.717) is 44.9 Å². The van der Waals surface area contributed by atoms with Crippen LogP contribution in [0.5, 0.6) is 5.75 Å². The number of piperidine rings is 2. The van der Waals surface area contributed by atoms with Gasteiger partial charge in [-0.2, -0.15) is 0 Å². The van der Waals surface area contributed by atoms with Crippen molar-refractivity contribution in [3.8, 4) is 5.75 Å². The number of amides is 3. The van der Waals surface area contributed by atoms with Crippen molar-refractivity contribution in [3.63, 3.8) is 0 Å². The molecule has 2 aromatic carbocycles. The number of carbonyl (C=O) groups is 3. The molecule has 4 aliphatic rings. The van der Waals surface area contributed by atoms with Crippen LogP contribution in [0.25, 0.3) is 0 Å². The Morgan fingerprint density at radius 3 is 2.44 bits per heavy atom. The number of ether oxygens (including phenoxy) is 1. The summed E-state index contributed by atoms with van der Waals surface area (Å²) in [6.45, 7) is 5.91. The second-order valence-electron chi connectivity index (χ2n) is 13.8. The summed E-state index contributed by atoms with van der Waals surface area (Å²) in [5.41, 5.74) is 1.48. The highest BCUT2D eigenvalue weighted by molar-refractivity contribution is 9.13. The van der Waals surface area contributed by atoms with Crippen LogP contribution < -0.4 is 15.2 Å². The Labute approximate surface area is 300 Å². The molecule has 2 aromatic rings. The summed E-state index contributed by atoms with van der Waals surface area (Å²) < 4.78 is 6.75. The van der Waals surface area contributed by atoms with Crippen molar-refractivity contribution >= 4 is 56.0 Å². The van der Waals surface area contributed by atoms with Crippen LogP contribution in [0.1, 0.15) is 43.2 Å². The maximum Gasteiger partial charge on any atom is 0.322 e. The molecule has 260 valence electrons. The lowest BCUT2D eigenvalue weighted by Crippen LogP contribution is -2.81. The van der Waals surface area contributed by atoms with Gasteiger partial charge >= 0.3 is 6.03 Å². The van der Waals surface area contributed by atoms with E-state index in [4.69, 9.17) is 4.74 Å². The Hall–Kier alpha value is -2.55. The molecule has 48 heavy (non-hydrogen) atoms. The molecule has 3 fully saturated rings. The standard InChI is InChI=1S/C35H46Br2N6O5/c1-39-12-8-27(9-13-39)40-15-17-41(18-16-40)35(11-20-44)23-28(42-14-7-26-22-29(48-2)4-6-32(26)38-33(42)45)10-19-43(35,34(46)47)24-25-3-5-30(36)31(37)21-25/h3-6,20-22,27-28H,7-19,23-24H2,1-2H3,(H-,38,45,46,47)/t28?,35?,43-/m0/s1. The molecule has 4 heterocycles. The van der Waals surface area contributed by atoms with E-state index in [-0.39, 0.29) is 31.6 Å². The second kappa shape index (κ2) is 14.7. The van der Waals surface area contributed by atoms with E-state index in [1.807, 2.05) is 41.3 Å². The minimum atomic E-state index is -1.19. The van der Waals surface area contributed by atoms with Gasteiger partial charge in [-0.3, -0.25) is 9.38 Å². The monoisotopic (exact) mass is 788 g/mol. The number of nitrogens with one attached hydrogen (secondary N) is 1. The van der Waals surface area contributed by atoms with E-state index in [0.717, 1.165) is 76.8 Å². The van der Waals surface area contributed by atoms with Crippen LogP contribution in [-0.2, 0) is 17.8 Å². The van der Waals surface area contributed by atoms with Gasteiger partial charge in [0.25, 0.3) is 6.09 Å². The predicted octanol–water partition coefficient (Wildman–Crippen LogP) is 4.13. The van der Waals surface area contributed by atoms with Crippen LogP contribution in [0.15, 0.2) is 45.3 Å². The molecule has 0 saturated carbocycles. The fourth-order valence-electron chi connectivity index (χ4n) is 8.69. The minimum absolute atomic E-state index is 0.0241. The average Bonchev–Trinajstić information content (AvgIpc) is 3.25. The van der Waals surface area contributed by atoms with E-state index in [9.17, 15) is 19.5 Å². The van der Waals surface area contributed by atoms with E-state index in [1.165, 1.54) is 0 Å². The van der Waals surface area contributed by atoms with Crippen molar-refractivity contribution in [1.29, 1.82) is 0 Å². The van der Waals surface area contributed by atoms with Crippen molar-refractivity contribution in [3.05, 3.63) is 56.5 Å². The van der Waals surface area contributed by atoms with Gasteiger partial charge in [-0.15, -0.1) is 0 Å². The number of hydrogen-bond acceptors (Lipinski definition) is 8. The molecule has 13 heteroatoms. The number of nitrogens with zero attached hydrogens (tertiary/aromatic N) is 5. The first-order valence-electron chi connectivity index (χ1n) is 17.0. The van der Waals surface area contributed by atoms with E-state index in [2.05, 4.69) is 58.9 Å². The molecule has 0 radical (unpaired) electrons. The van der Waals surface area contributed by atoms with E-state index >= 15 is 0 Å². The summed E-state index contributed by atoms with van der Waals surface area (Å²) in [5.74, 6) is 0.731. The summed E-state index contributed by atoms with van der Waals surface area (Å²) in [6, 6.07) is 11.5. The van der Waals surface area contributed by atoms with Gasteiger partial charge in [-0.25, -0.2) is 9.69 Å². The molecule has 2 unspecified atom stereocenters. The smallest absolute Gasteiger partial charge is 0.322 e. The molecule has 3 amide bonds. The number of anilines is 1. The van der Waals surface area contributed by atoms with Gasteiger partial charge in [0.1, 0.15) is 18.6 Å². The van der Waals surface area contributed by atoms with Crippen LogP contribution in [0.3, 0.4) is 0 Å². The number of carboxylic acid groups (broad SMARTS) is 1. The van der Waals surface area contributed by atoms with Crippen LogP contribution in [0.2, 0.25) is 0 Å². The van der Waals surface area contributed by atoms with Gasteiger partial charge in [-0.1, -0.05) is 6.07 Å². The highest BCUT2D eigenvalue weighted by Crippen LogP contribution is 2.45. The zero-order valence-corrected chi connectivity index (χ0v) is 31.0. The number of benzene rings is 2. The highest BCUT2D eigenvalue weighted by Gasteiger charge is 2.61. The minimum Gasteiger partial charge on any atom is -0.498 e. The molecule has 1 N–H and O–H groups in total. The second-order valence-corrected chi connectivity index (χ2v) is 15.5. The number of hydrogen-bond donors (Lipinski definition) is 1. The fourth-order valence-corrected chi connectivity index (χ4v) is 9.36. The molecule has 0 spiro atoms. The van der Waals surface area contributed by atoms with Crippen molar-refractivity contribution < 1.29 is 28.7 Å². The lowest BCUT2D eigenvalue weighted by atomic mass is 9.82. The van der Waals surface area contributed by atoms with E-state index in [1.54, 1.807) is 7.11 Å². The topological polar surface area (TPSA) is 108 Å². The lowest BCUT2D eigenvalue weighted by molar-refractivity contribution is -0.956. The van der Waals surface area contributed by atoms with Gasteiger partial charge in [0.05, 0.1) is 20.1 Å². The Kier molecular flexibility index (Phi) is 10.8.